The van der Waals surface area contributed by atoms with E-state index in [0.29, 0.717) is 17.1 Å². The number of hydrogen-bond donors (Lipinski definition) is 2. The Morgan fingerprint density at radius 3 is 1.92 bits per heavy atom. The van der Waals surface area contributed by atoms with E-state index in [0.717, 1.165) is 10.6 Å². The van der Waals surface area contributed by atoms with Crippen molar-refractivity contribution in [2.75, 3.05) is 27.7 Å². The zero-order valence-electron chi connectivity index (χ0n) is 13.9. The third-order valence-electron chi connectivity index (χ3n) is 3.22. The molecule has 2 rings (SSSR count). The second kappa shape index (κ2) is 7.80. The van der Waals surface area contributed by atoms with Crippen molar-refractivity contribution in [3.8, 4) is 0 Å². The number of amides is 2. The zero-order chi connectivity index (χ0) is 18.4. The van der Waals surface area contributed by atoms with E-state index in [-0.39, 0.29) is 12.5 Å². The van der Waals surface area contributed by atoms with Crippen LogP contribution in [0.25, 0.3) is 0 Å². The quantitative estimate of drug-likeness (QED) is 0.823. The van der Waals surface area contributed by atoms with E-state index in [4.69, 9.17) is 0 Å². The van der Waals surface area contributed by atoms with Crippen LogP contribution in [0, 0.1) is 0 Å². The van der Waals surface area contributed by atoms with E-state index in [9.17, 15) is 18.0 Å². The van der Waals surface area contributed by atoms with Crippen LogP contribution in [0.4, 0.5) is 17.1 Å². The van der Waals surface area contributed by atoms with Crippen LogP contribution in [0.3, 0.4) is 0 Å². The summed E-state index contributed by atoms with van der Waals surface area (Å²) in [4.78, 5) is 23.2. The van der Waals surface area contributed by atoms with Gasteiger partial charge in [0, 0.05) is 18.3 Å². The molecule has 0 fully saturated rings. The lowest BCUT2D eigenvalue weighted by molar-refractivity contribution is -0.115. The highest BCUT2D eigenvalue weighted by atomic mass is 32.2. The molecule has 2 aromatic rings. The van der Waals surface area contributed by atoms with Crippen molar-refractivity contribution in [1.29, 1.82) is 0 Å². The van der Waals surface area contributed by atoms with Crippen LogP contribution in [0.1, 0.15) is 6.92 Å². The number of para-hydroxylation sites is 1. The van der Waals surface area contributed by atoms with Crippen LogP contribution < -0.4 is 14.9 Å². The number of carbonyl (C=O) groups excluding carboxylic acids is 2. The van der Waals surface area contributed by atoms with Crippen molar-refractivity contribution < 1.29 is 18.0 Å². The Kier molecular flexibility index (Phi) is 5.76. The molecule has 0 saturated carbocycles. The number of nitrogens with zero attached hydrogens (tertiary/aromatic N) is 1. The molecule has 0 saturated heterocycles. The van der Waals surface area contributed by atoms with Gasteiger partial charge in [-0.25, -0.2) is 8.42 Å². The number of benzene rings is 2. The summed E-state index contributed by atoms with van der Waals surface area (Å²) in [7, 11) is -3.60. The minimum atomic E-state index is -3.60. The molecule has 8 heteroatoms. The van der Waals surface area contributed by atoms with Crippen LogP contribution in [-0.4, -0.2) is 33.0 Å². The van der Waals surface area contributed by atoms with Gasteiger partial charge in [0.25, 0.3) is 0 Å². The van der Waals surface area contributed by atoms with Crippen molar-refractivity contribution in [1.82, 2.24) is 0 Å². The van der Waals surface area contributed by atoms with E-state index in [2.05, 4.69) is 10.6 Å². The Labute approximate surface area is 146 Å². The molecule has 0 atom stereocenters. The molecule has 0 heterocycles. The maximum absolute atomic E-state index is 12.2. The summed E-state index contributed by atoms with van der Waals surface area (Å²) >= 11 is 0. The Morgan fingerprint density at radius 1 is 0.920 bits per heavy atom. The molecule has 0 aromatic heterocycles. The first-order valence-corrected chi connectivity index (χ1v) is 9.31. The van der Waals surface area contributed by atoms with Gasteiger partial charge in [0.05, 0.1) is 11.9 Å². The lowest BCUT2D eigenvalue weighted by Gasteiger charge is -2.21. The predicted octanol–water partition coefficient (Wildman–Crippen LogP) is 2.05. The number of anilines is 3. The Hall–Kier alpha value is -2.87. The van der Waals surface area contributed by atoms with Gasteiger partial charge in [-0.05, 0) is 36.4 Å². The maximum atomic E-state index is 12.2. The smallest absolute Gasteiger partial charge is 0.245 e. The van der Waals surface area contributed by atoms with Crippen LogP contribution in [0.2, 0.25) is 0 Å². The summed E-state index contributed by atoms with van der Waals surface area (Å²) in [5, 5.41) is 5.26. The first kappa shape index (κ1) is 18.5. The third kappa shape index (κ3) is 5.61. The van der Waals surface area contributed by atoms with Gasteiger partial charge in [-0.2, -0.15) is 0 Å². The van der Waals surface area contributed by atoms with Crippen LogP contribution >= 0.6 is 0 Å². The molecule has 0 unspecified atom stereocenters. The lowest BCUT2D eigenvalue weighted by Crippen LogP contribution is -2.37. The van der Waals surface area contributed by atoms with Gasteiger partial charge in [-0.3, -0.25) is 13.9 Å². The molecule has 0 aliphatic carbocycles. The van der Waals surface area contributed by atoms with Crippen molar-refractivity contribution in [3.05, 3.63) is 54.6 Å². The maximum Gasteiger partial charge on any atom is 0.245 e. The van der Waals surface area contributed by atoms with Gasteiger partial charge >= 0.3 is 0 Å². The standard InChI is InChI=1S/C17H19N3O4S/c1-13(21)18-14-8-10-15(11-9-14)19-17(22)12-20(25(2,23)24)16-6-4-3-5-7-16/h3-11H,12H2,1-2H3,(H,18,21)(H,19,22). The Bertz CT molecular complexity index is 849. The van der Waals surface area contributed by atoms with E-state index in [1.165, 1.54) is 6.92 Å². The molecule has 2 N–H and O–H groups in total. The van der Waals surface area contributed by atoms with E-state index in [1.807, 2.05) is 0 Å². The average molecular weight is 361 g/mol. The topological polar surface area (TPSA) is 95.6 Å². The Morgan fingerprint density at radius 2 is 1.44 bits per heavy atom. The Balaban J connectivity index is 2.08. The highest BCUT2D eigenvalue weighted by molar-refractivity contribution is 7.92. The second-order valence-electron chi connectivity index (χ2n) is 5.41. The summed E-state index contributed by atoms with van der Waals surface area (Å²) in [5.41, 5.74) is 1.52. The monoisotopic (exact) mass is 361 g/mol. The van der Waals surface area contributed by atoms with Crippen molar-refractivity contribution in [3.63, 3.8) is 0 Å². The molecule has 7 nitrogen and oxygen atoms in total. The highest BCUT2D eigenvalue weighted by Crippen LogP contribution is 2.17. The van der Waals surface area contributed by atoms with Gasteiger partial charge in [0.1, 0.15) is 6.54 Å². The van der Waals surface area contributed by atoms with Crippen molar-refractivity contribution >= 4 is 38.9 Å². The summed E-state index contributed by atoms with van der Waals surface area (Å²) < 4.78 is 25.0. The fraction of sp³-hybridized carbons (Fsp3) is 0.176. The minimum absolute atomic E-state index is 0.191. The van der Waals surface area contributed by atoms with E-state index < -0.39 is 15.9 Å². The molecule has 2 aromatic carbocycles. The molecular formula is C17H19N3O4S. The lowest BCUT2D eigenvalue weighted by atomic mass is 10.2. The highest BCUT2D eigenvalue weighted by Gasteiger charge is 2.20. The summed E-state index contributed by atoms with van der Waals surface area (Å²) in [5.74, 6) is -0.662. The van der Waals surface area contributed by atoms with Gasteiger partial charge in [-0.15, -0.1) is 0 Å². The summed E-state index contributed by atoms with van der Waals surface area (Å²) in [6, 6.07) is 14.9. The fourth-order valence-corrected chi connectivity index (χ4v) is 3.02. The number of sulfonamides is 1. The fourth-order valence-electron chi connectivity index (χ4n) is 2.17. The zero-order valence-corrected chi connectivity index (χ0v) is 14.7. The predicted molar refractivity (Wildman–Crippen MR) is 98.0 cm³/mol. The van der Waals surface area contributed by atoms with Crippen LogP contribution in [-0.2, 0) is 19.6 Å². The summed E-state index contributed by atoms with van der Waals surface area (Å²) in [6.07, 6.45) is 1.05. The van der Waals surface area contributed by atoms with E-state index in [1.54, 1.807) is 54.6 Å². The van der Waals surface area contributed by atoms with Gasteiger partial charge in [0.2, 0.25) is 21.8 Å². The van der Waals surface area contributed by atoms with Crippen LogP contribution in [0.15, 0.2) is 54.6 Å². The molecule has 0 radical (unpaired) electrons. The first-order valence-electron chi connectivity index (χ1n) is 7.46. The average Bonchev–Trinajstić information content (AvgIpc) is 2.54. The third-order valence-corrected chi connectivity index (χ3v) is 4.36. The molecule has 0 bridgehead atoms. The van der Waals surface area contributed by atoms with Gasteiger partial charge < -0.3 is 10.6 Å². The summed E-state index contributed by atoms with van der Waals surface area (Å²) in [6.45, 7) is 1.06. The minimum Gasteiger partial charge on any atom is -0.326 e. The largest absolute Gasteiger partial charge is 0.326 e. The molecule has 25 heavy (non-hydrogen) atoms. The number of hydrogen-bond acceptors (Lipinski definition) is 4. The van der Waals surface area contributed by atoms with E-state index >= 15 is 0 Å². The van der Waals surface area contributed by atoms with Gasteiger partial charge in [-0.1, -0.05) is 18.2 Å². The molecule has 0 aliphatic heterocycles. The number of rotatable bonds is 6. The van der Waals surface area contributed by atoms with Crippen molar-refractivity contribution in [2.24, 2.45) is 0 Å². The molecule has 0 spiro atoms. The second-order valence-corrected chi connectivity index (χ2v) is 7.32. The van der Waals surface area contributed by atoms with Crippen LogP contribution in [0.5, 0.6) is 0 Å². The molecule has 132 valence electrons. The van der Waals surface area contributed by atoms with Gasteiger partial charge in [0.15, 0.2) is 0 Å². The SMILES string of the molecule is CC(=O)Nc1ccc(NC(=O)CN(c2ccccc2)S(C)(=O)=O)cc1. The van der Waals surface area contributed by atoms with Crippen molar-refractivity contribution in [2.45, 2.75) is 6.92 Å². The normalized spacial score (nSPS) is 10.8. The molecule has 0 aliphatic rings. The molecule has 2 amide bonds. The molecular weight excluding hydrogens is 342 g/mol. The number of carbonyl (C=O) groups is 2. The number of nitrogens with one attached hydrogen (secondary N) is 2. The first-order chi connectivity index (χ1) is 11.8.